The van der Waals surface area contributed by atoms with Crippen molar-refractivity contribution in [1.82, 2.24) is 10.3 Å². The van der Waals surface area contributed by atoms with E-state index >= 15 is 0 Å². The molecule has 0 fully saturated rings. The van der Waals surface area contributed by atoms with Gasteiger partial charge in [-0.3, -0.25) is 9.59 Å². The van der Waals surface area contributed by atoms with E-state index in [1.165, 1.54) is 23.5 Å². The quantitative estimate of drug-likeness (QED) is 0.371. The lowest BCUT2D eigenvalue weighted by atomic mass is 10.1. The summed E-state index contributed by atoms with van der Waals surface area (Å²) in [5.74, 6) is -0.559. The van der Waals surface area contributed by atoms with E-state index in [0.717, 1.165) is 23.4 Å². The van der Waals surface area contributed by atoms with Gasteiger partial charge >= 0.3 is 6.36 Å². The number of nitrogens with one attached hydrogen (secondary N) is 1. The molecule has 0 aliphatic carbocycles. The van der Waals surface area contributed by atoms with E-state index in [0.29, 0.717) is 29.3 Å². The molecule has 192 valence electrons. The van der Waals surface area contributed by atoms with Gasteiger partial charge in [0.1, 0.15) is 28.0 Å². The van der Waals surface area contributed by atoms with Crippen LogP contribution in [0.15, 0.2) is 48.5 Å². The number of rotatable bonds is 12. The predicted octanol–water partition coefficient (Wildman–Crippen LogP) is 4.02. The number of nitrogens with two attached hydrogens (primary N) is 1. The minimum atomic E-state index is -4.79. The van der Waals surface area contributed by atoms with Crippen molar-refractivity contribution in [2.75, 3.05) is 13.2 Å². The SMILES string of the molecule is CCOc1cccc(CCc2sc(CNC(=O)COc3ccc(OC(F)(F)F)cc3)nc2C(N)=O)c1. The average Bonchev–Trinajstić information content (AvgIpc) is 3.24. The highest BCUT2D eigenvalue weighted by Gasteiger charge is 2.31. The van der Waals surface area contributed by atoms with Gasteiger partial charge in [0.2, 0.25) is 0 Å². The summed E-state index contributed by atoms with van der Waals surface area (Å²) in [7, 11) is 0. The fourth-order valence-electron chi connectivity index (χ4n) is 3.16. The van der Waals surface area contributed by atoms with Crippen molar-refractivity contribution in [2.24, 2.45) is 5.73 Å². The Morgan fingerprint density at radius 3 is 2.42 bits per heavy atom. The molecule has 3 aromatic rings. The van der Waals surface area contributed by atoms with Gasteiger partial charge < -0.3 is 25.3 Å². The number of benzene rings is 2. The third-order valence-corrected chi connectivity index (χ3v) is 5.80. The first-order valence-electron chi connectivity index (χ1n) is 10.9. The van der Waals surface area contributed by atoms with E-state index < -0.39 is 23.9 Å². The standard InChI is InChI=1S/C24H24F3N3O5S/c1-2-33-18-5-3-4-15(12-18)6-11-19-22(23(28)32)30-21(36-19)13-29-20(31)14-34-16-7-9-17(10-8-16)35-24(25,26)27/h3-5,7-10,12H,2,6,11,13-14H2,1H3,(H2,28,32)(H,29,31). The Morgan fingerprint density at radius 2 is 1.75 bits per heavy atom. The first-order valence-corrected chi connectivity index (χ1v) is 11.7. The van der Waals surface area contributed by atoms with Gasteiger partial charge in [-0.15, -0.1) is 24.5 Å². The normalized spacial score (nSPS) is 11.1. The second-order valence-corrected chi connectivity index (χ2v) is 8.58. The van der Waals surface area contributed by atoms with Crippen LogP contribution >= 0.6 is 11.3 Å². The molecule has 36 heavy (non-hydrogen) atoms. The minimum absolute atomic E-state index is 0.0608. The molecule has 0 saturated carbocycles. The van der Waals surface area contributed by atoms with Crippen LogP contribution in [-0.4, -0.2) is 36.4 Å². The zero-order valence-electron chi connectivity index (χ0n) is 19.3. The molecule has 2 amide bonds. The predicted molar refractivity (Wildman–Crippen MR) is 126 cm³/mol. The number of alkyl halides is 3. The summed E-state index contributed by atoms with van der Waals surface area (Å²) < 4.78 is 51.2. The molecule has 2 aromatic carbocycles. The Labute approximate surface area is 209 Å². The number of primary amides is 1. The van der Waals surface area contributed by atoms with Gasteiger partial charge in [0.15, 0.2) is 6.61 Å². The van der Waals surface area contributed by atoms with Crippen LogP contribution in [-0.2, 0) is 24.2 Å². The molecule has 0 aliphatic heterocycles. The number of hydrogen-bond donors (Lipinski definition) is 2. The molecule has 0 saturated heterocycles. The Kier molecular flexibility index (Phi) is 9.12. The molecule has 12 heteroatoms. The maximum absolute atomic E-state index is 12.2. The van der Waals surface area contributed by atoms with Gasteiger partial charge in [-0.25, -0.2) is 4.98 Å². The van der Waals surface area contributed by atoms with E-state index in [1.807, 2.05) is 31.2 Å². The third-order valence-electron chi connectivity index (χ3n) is 4.69. The molecular weight excluding hydrogens is 499 g/mol. The molecule has 3 N–H and O–H groups in total. The van der Waals surface area contributed by atoms with Crippen LogP contribution in [0.2, 0.25) is 0 Å². The summed E-state index contributed by atoms with van der Waals surface area (Å²) in [5, 5.41) is 3.13. The number of amides is 2. The molecule has 0 bridgehead atoms. The highest BCUT2D eigenvalue weighted by atomic mass is 32.1. The fourth-order valence-corrected chi connectivity index (χ4v) is 4.18. The number of carbonyl (C=O) groups excluding carboxylic acids is 2. The molecule has 0 radical (unpaired) electrons. The van der Waals surface area contributed by atoms with Crippen LogP contribution in [0, 0.1) is 0 Å². The molecule has 1 heterocycles. The van der Waals surface area contributed by atoms with Crippen molar-refractivity contribution in [3.63, 3.8) is 0 Å². The number of carbonyl (C=O) groups is 2. The van der Waals surface area contributed by atoms with Crippen LogP contribution < -0.4 is 25.3 Å². The van der Waals surface area contributed by atoms with Crippen LogP contribution in [0.5, 0.6) is 17.2 Å². The van der Waals surface area contributed by atoms with Crippen molar-refractivity contribution in [2.45, 2.75) is 32.7 Å². The summed E-state index contributed by atoms with van der Waals surface area (Å²) in [5.41, 5.74) is 6.69. The minimum Gasteiger partial charge on any atom is -0.494 e. The summed E-state index contributed by atoms with van der Waals surface area (Å²) in [4.78, 5) is 29.0. The number of thiazole rings is 1. The van der Waals surface area contributed by atoms with Gasteiger partial charge in [0.05, 0.1) is 13.2 Å². The van der Waals surface area contributed by atoms with Crippen LogP contribution in [0.4, 0.5) is 13.2 Å². The number of nitrogens with zero attached hydrogens (tertiary/aromatic N) is 1. The van der Waals surface area contributed by atoms with Gasteiger partial charge in [-0.1, -0.05) is 12.1 Å². The maximum atomic E-state index is 12.2. The van der Waals surface area contributed by atoms with E-state index in [-0.39, 0.29) is 24.6 Å². The van der Waals surface area contributed by atoms with E-state index in [1.54, 1.807) is 0 Å². The summed E-state index contributed by atoms with van der Waals surface area (Å²) in [6, 6.07) is 12.3. The Morgan fingerprint density at radius 1 is 1.03 bits per heavy atom. The number of aromatic nitrogens is 1. The van der Waals surface area contributed by atoms with E-state index in [9.17, 15) is 22.8 Å². The third kappa shape index (κ3) is 8.45. The van der Waals surface area contributed by atoms with E-state index in [2.05, 4.69) is 15.0 Å². The maximum Gasteiger partial charge on any atom is 0.573 e. The van der Waals surface area contributed by atoms with Crippen molar-refractivity contribution in [3.05, 3.63) is 69.7 Å². The summed E-state index contributed by atoms with van der Waals surface area (Å²) in [6.07, 6.45) is -3.60. The zero-order chi connectivity index (χ0) is 26.1. The second-order valence-electron chi connectivity index (χ2n) is 7.41. The highest BCUT2D eigenvalue weighted by molar-refractivity contribution is 7.11. The lowest BCUT2D eigenvalue weighted by Crippen LogP contribution is -2.28. The average molecular weight is 524 g/mol. The molecule has 0 unspecified atom stereocenters. The lowest BCUT2D eigenvalue weighted by molar-refractivity contribution is -0.274. The molecule has 0 atom stereocenters. The lowest BCUT2D eigenvalue weighted by Gasteiger charge is -2.10. The fraction of sp³-hybridized carbons (Fsp3) is 0.292. The Bertz CT molecular complexity index is 1180. The molecular formula is C24H24F3N3O5S. The van der Waals surface area contributed by atoms with Gasteiger partial charge in [0.25, 0.3) is 11.8 Å². The largest absolute Gasteiger partial charge is 0.573 e. The van der Waals surface area contributed by atoms with Crippen molar-refractivity contribution in [1.29, 1.82) is 0 Å². The number of halogens is 3. The Hall–Kier alpha value is -3.80. The smallest absolute Gasteiger partial charge is 0.494 e. The van der Waals surface area contributed by atoms with Crippen molar-refractivity contribution in [3.8, 4) is 17.2 Å². The van der Waals surface area contributed by atoms with E-state index in [4.69, 9.17) is 15.2 Å². The van der Waals surface area contributed by atoms with Gasteiger partial charge in [-0.05, 0) is 61.7 Å². The molecule has 1 aromatic heterocycles. The topological polar surface area (TPSA) is 113 Å². The first kappa shape index (κ1) is 26.8. The molecule has 3 rings (SSSR count). The van der Waals surface area contributed by atoms with Crippen LogP contribution in [0.3, 0.4) is 0 Å². The van der Waals surface area contributed by atoms with Crippen molar-refractivity contribution >= 4 is 23.2 Å². The molecule has 8 nitrogen and oxygen atoms in total. The summed E-state index contributed by atoms with van der Waals surface area (Å²) in [6.45, 7) is 2.17. The zero-order valence-corrected chi connectivity index (χ0v) is 20.1. The van der Waals surface area contributed by atoms with Crippen LogP contribution in [0.1, 0.15) is 32.9 Å². The first-order chi connectivity index (χ1) is 17.1. The Balaban J connectivity index is 1.51. The van der Waals surface area contributed by atoms with Gasteiger partial charge in [0, 0.05) is 4.88 Å². The second kappa shape index (κ2) is 12.2. The number of hydrogen-bond acceptors (Lipinski definition) is 7. The monoisotopic (exact) mass is 523 g/mol. The van der Waals surface area contributed by atoms with Crippen molar-refractivity contribution < 1.29 is 37.0 Å². The molecule has 0 aliphatic rings. The summed E-state index contributed by atoms with van der Waals surface area (Å²) >= 11 is 1.28. The van der Waals surface area contributed by atoms with Gasteiger partial charge in [-0.2, -0.15) is 0 Å². The highest BCUT2D eigenvalue weighted by Crippen LogP contribution is 2.25. The number of ether oxygens (including phenoxy) is 3. The number of aryl methyl sites for hydroxylation is 2. The molecule has 0 spiro atoms. The van der Waals surface area contributed by atoms with Crippen LogP contribution in [0.25, 0.3) is 0 Å².